The molecule has 0 spiro atoms. The number of hydrogen-bond acceptors (Lipinski definition) is 3. The van der Waals surface area contributed by atoms with E-state index in [0.29, 0.717) is 12.0 Å². The number of aryl methyl sites for hydroxylation is 1. The van der Waals surface area contributed by atoms with Crippen LogP contribution in [-0.2, 0) is 10.6 Å². The van der Waals surface area contributed by atoms with Gasteiger partial charge in [-0.25, -0.2) is 4.98 Å². The maximum Gasteiger partial charge on any atom is 0.129 e. The second kappa shape index (κ2) is 5.69. The van der Waals surface area contributed by atoms with Crippen LogP contribution in [-0.4, -0.2) is 30.8 Å². The molecule has 0 N–H and O–H groups in total. The summed E-state index contributed by atoms with van der Waals surface area (Å²) in [6.45, 7) is 6.78. The van der Waals surface area contributed by atoms with Crippen molar-refractivity contribution in [2.45, 2.75) is 32.3 Å². The Morgan fingerprint density at radius 3 is 3.06 bits per heavy atom. The summed E-state index contributed by atoms with van der Waals surface area (Å²) in [7, 11) is 0. The van der Waals surface area contributed by atoms with Crippen LogP contribution in [0.25, 0.3) is 0 Å². The van der Waals surface area contributed by atoms with Crippen LogP contribution in [0.3, 0.4) is 0 Å². The Labute approximate surface area is 108 Å². The number of anilines is 1. The molecule has 0 saturated carbocycles. The zero-order chi connectivity index (χ0) is 12.3. The number of hydrogen-bond donors (Lipinski definition) is 0. The summed E-state index contributed by atoms with van der Waals surface area (Å²) in [6, 6.07) is 4.12. The average molecular weight is 255 g/mol. The molecule has 1 unspecified atom stereocenters. The van der Waals surface area contributed by atoms with Gasteiger partial charge in [0.15, 0.2) is 0 Å². The SMILES string of the molecule is CCC1CN(c2cc(CCl)cc(C)n2)CCO1. The molecule has 94 valence electrons. The highest BCUT2D eigenvalue weighted by Crippen LogP contribution is 2.19. The number of ether oxygens (including phenoxy) is 1. The van der Waals surface area contributed by atoms with Gasteiger partial charge in [-0.1, -0.05) is 6.92 Å². The summed E-state index contributed by atoms with van der Waals surface area (Å²) >= 11 is 5.89. The van der Waals surface area contributed by atoms with Crippen molar-refractivity contribution in [3.8, 4) is 0 Å². The Hall–Kier alpha value is -0.800. The van der Waals surface area contributed by atoms with Crippen LogP contribution in [0.4, 0.5) is 5.82 Å². The van der Waals surface area contributed by atoms with Gasteiger partial charge in [0.25, 0.3) is 0 Å². The van der Waals surface area contributed by atoms with Crippen LogP contribution in [0.2, 0.25) is 0 Å². The molecule has 1 aromatic heterocycles. The van der Waals surface area contributed by atoms with E-state index >= 15 is 0 Å². The Bertz CT molecular complexity index is 384. The van der Waals surface area contributed by atoms with E-state index in [1.807, 2.05) is 13.0 Å². The molecule has 1 aliphatic heterocycles. The molecule has 17 heavy (non-hydrogen) atoms. The second-order valence-corrected chi connectivity index (χ2v) is 4.72. The van der Waals surface area contributed by atoms with Gasteiger partial charge in [0, 0.05) is 24.7 Å². The van der Waals surface area contributed by atoms with Crippen molar-refractivity contribution in [2.24, 2.45) is 0 Å². The molecule has 1 aromatic rings. The maximum atomic E-state index is 5.89. The lowest BCUT2D eigenvalue weighted by molar-refractivity contribution is 0.0381. The highest BCUT2D eigenvalue weighted by Gasteiger charge is 2.20. The van der Waals surface area contributed by atoms with Crippen molar-refractivity contribution in [1.82, 2.24) is 4.98 Å². The first-order valence-electron chi connectivity index (χ1n) is 6.13. The molecule has 3 nitrogen and oxygen atoms in total. The molecule has 2 rings (SSSR count). The predicted molar refractivity (Wildman–Crippen MR) is 70.8 cm³/mol. The summed E-state index contributed by atoms with van der Waals surface area (Å²) < 4.78 is 5.67. The first-order chi connectivity index (χ1) is 8.22. The predicted octanol–water partition coefficient (Wildman–Crippen LogP) is 2.74. The summed E-state index contributed by atoms with van der Waals surface area (Å²) in [6.07, 6.45) is 1.37. The van der Waals surface area contributed by atoms with Gasteiger partial charge in [0.1, 0.15) is 5.82 Å². The van der Waals surface area contributed by atoms with Crippen LogP contribution in [0.5, 0.6) is 0 Å². The minimum absolute atomic E-state index is 0.325. The standard InChI is InChI=1S/C13H19ClN2O/c1-3-12-9-16(4-5-17-12)13-7-11(8-14)6-10(2)15-13/h6-7,12H,3-5,8-9H2,1-2H3. The number of pyridine rings is 1. The summed E-state index contributed by atoms with van der Waals surface area (Å²) in [5, 5.41) is 0. The molecule has 0 radical (unpaired) electrons. The first kappa shape index (κ1) is 12.7. The number of nitrogens with zero attached hydrogens (tertiary/aromatic N) is 2. The van der Waals surface area contributed by atoms with Crippen LogP contribution in [0.15, 0.2) is 12.1 Å². The number of halogens is 1. The minimum atomic E-state index is 0.325. The average Bonchev–Trinajstić information content (AvgIpc) is 2.38. The molecule has 1 saturated heterocycles. The molecule has 1 atom stereocenters. The molecule has 2 heterocycles. The quantitative estimate of drug-likeness (QED) is 0.776. The normalized spacial score (nSPS) is 20.6. The van der Waals surface area contributed by atoms with Crippen LogP contribution < -0.4 is 4.90 Å². The van der Waals surface area contributed by atoms with Crippen LogP contribution in [0, 0.1) is 6.92 Å². The van der Waals surface area contributed by atoms with Gasteiger partial charge in [-0.2, -0.15) is 0 Å². The number of aromatic nitrogens is 1. The zero-order valence-electron chi connectivity index (χ0n) is 10.4. The van der Waals surface area contributed by atoms with Gasteiger partial charge < -0.3 is 9.64 Å². The second-order valence-electron chi connectivity index (χ2n) is 4.46. The fraction of sp³-hybridized carbons (Fsp3) is 0.615. The van der Waals surface area contributed by atoms with Crippen molar-refractivity contribution in [3.63, 3.8) is 0 Å². The van der Waals surface area contributed by atoms with Gasteiger partial charge in [-0.15, -0.1) is 11.6 Å². The minimum Gasteiger partial charge on any atom is -0.375 e. The third kappa shape index (κ3) is 3.11. The van der Waals surface area contributed by atoms with E-state index in [-0.39, 0.29) is 0 Å². The van der Waals surface area contributed by atoms with E-state index in [9.17, 15) is 0 Å². The lowest BCUT2D eigenvalue weighted by Gasteiger charge is -2.33. The molecule has 1 aliphatic rings. The Balaban J connectivity index is 2.18. The number of alkyl halides is 1. The van der Waals surface area contributed by atoms with Gasteiger partial charge in [-0.3, -0.25) is 0 Å². The Morgan fingerprint density at radius 2 is 2.35 bits per heavy atom. The molecular weight excluding hydrogens is 236 g/mol. The molecule has 0 aromatic carbocycles. The zero-order valence-corrected chi connectivity index (χ0v) is 11.2. The third-order valence-electron chi connectivity index (χ3n) is 3.07. The van der Waals surface area contributed by atoms with E-state index < -0.39 is 0 Å². The highest BCUT2D eigenvalue weighted by atomic mass is 35.5. The van der Waals surface area contributed by atoms with E-state index in [1.54, 1.807) is 0 Å². The lowest BCUT2D eigenvalue weighted by atomic mass is 10.2. The third-order valence-corrected chi connectivity index (χ3v) is 3.38. The molecule has 0 amide bonds. The first-order valence-corrected chi connectivity index (χ1v) is 6.66. The van der Waals surface area contributed by atoms with Crippen LogP contribution in [0.1, 0.15) is 24.6 Å². The van der Waals surface area contributed by atoms with Gasteiger partial charge in [0.05, 0.1) is 12.7 Å². The van der Waals surface area contributed by atoms with E-state index in [2.05, 4.69) is 22.9 Å². The maximum absolute atomic E-state index is 5.89. The molecule has 4 heteroatoms. The van der Waals surface area contributed by atoms with Crippen molar-refractivity contribution in [1.29, 1.82) is 0 Å². The molecular formula is C13H19ClN2O. The van der Waals surface area contributed by atoms with Crippen molar-refractivity contribution in [2.75, 3.05) is 24.6 Å². The van der Waals surface area contributed by atoms with Crippen molar-refractivity contribution < 1.29 is 4.74 Å². The lowest BCUT2D eigenvalue weighted by Crippen LogP contribution is -2.42. The van der Waals surface area contributed by atoms with Crippen LogP contribution >= 0.6 is 11.6 Å². The van der Waals surface area contributed by atoms with Crippen molar-refractivity contribution in [3.05, 3.63) is 23.4 Å². The molecule has 1 fully saturated rings. The van der Waals surface area contributed by atoms with E-state index in [1.165, 1.54) is 0 Å². The smallest absolute Gasteiger partial charge is 0.129 e. The summed E-state index contributed by atoms with van der Waals surface area (Å²) in [5.41, 5.74) is 2.16. The molecule has 0 bridgehead atoms. The number of rotatable bonds is 3. The fourth-order valence-corrected chi connectivity index (χ4v) is 2.29. The van der Waals surface area contributed by atoms with E-state index in [0.717, 1.165) is 43.2 Å². The summed E-state index contributed by atoms with van der Waals surface area (Å²) in [5.74, 6) is 1.57. The van der Waals surface area contributed by atoms with Gasteiger partial charge >= 0.3 is 0 Å². The summed E-state index contributed by atoms with van der Waals surface area (Å²) in [4.78, 5) is 6.88. The highest BCUT2D eigenvalue weighted by molar-refractivity contribution is 6.17. The molecule has 0 aliphatic carbocycles. The van der Waals surface area contributed by atoms with Gasteiger partial charge in [-0.05, 0) is 31.0 Å². The fourth-order valence-electron chi connectivity index (χ4n) is 2.13. The monoisotopic (exact) mass is 254 g/mol. The Kier molecular flexibility index (Phi) is 4.24. The Morgan fingerprint density at radius 1 is 1.53 bits per heavy atom. The number of morpholine rings is 1. The van der Waals surface area contributed by atoms with Crippen molar-refractivity contribution >= 4 is 17.4 Å². The van der Waals surface area contributed by atoms with Gasteiger partial charge in [0.2, 0.25) is 0 Å². The van der Waals surface area contributed by atoms with E-state index in [4.69, 9.17) is 16.3 Å². The topological polar surface area (TPSA) is 25.4 Å². The largest absolute Gasteiger partial charge is 0.375 e.